The predicted octanol–water partition coefficient (Wildman–Crippen LogP) is 6.23. The zero-order valence-electron chi connectivity index (χ0n) is 20.3. The summed E-state index contributed by atoms with van der Waals surface area (Å²) in [5, 5.41) is 0. The molecule has 1 aliphatic heterocycles. The largest absolute Gasteiger partial charge is 0.494 e. The molecule has 0 spiro atoms. The van der Waals surface area contributed by atoms with Gasteiger partial charge in [0.2, 0.25) is 0 Å². The number of anilines is 1. The topological polar surface area (TPSA) is 54.9 Å². The average Bonchev–Trinajstić information content (AvgIpc) is 3.61. The first kappa shape index (κ1) is 23.8. The monoisotopic (exact) mass is 491 g/mol. The van der Waals surface area contributed by atoms with Gasteiger partial charge >= 0.3 is 6.09 Å². The third-order valence-corrected chi connectivity index (χ3v) is 7.92. The Balaban J connectivity index is 1.24. The number of rotatable bonds is 9. The molecular formula is C28H33N3O3S. The maximum Gasteiger partial charge on any atom is 0.415 e. The van der Waals surface area contributed by atoms with Crippen molar-refractivity contribution in [2.24, 2.45) is 0 Å². The standard InChI is InChI=1S/C28H33N3O3S/c1-21-7-5-16-30(21)17-6-18-33-24-12-10-23(11-13-24)31(25-14-15-26-27(25)29-20-35-26)28(32)34-19-22-8-3-2-4-9-22/h2-4,8-13,20-21,25H,5-7,14-19H2,1H3. The molecule has 3 aromatic rings. The number of carbonyl (C=O) groups excluding carboxylic acids is 1. The van der Waals surface area contributed by atoms with Crippen LogP contribution in [0.4, 0.5) is 10.5 Å². The number of hydrogen-bond donors (Lipinski definition) is 0. The Bertz CT molecular complexity index is 1100. The van der Waals surface area contributed by atoms with Gasteiger partial charge in [-0.15, -0.1) is 11.3 Å². The normalized spacial score (nSPS) is 19.5. The Morgan fingerprint density at radius 2 is 1.97 bits per heavy atom. The van der Waals surface area contributed by atoms with Crippen LogP contribution in [0.1, 0.15) is 54.8 Å². The van der Waals surface area contributed by atoms with Gasteiger partial charge in [-0.25, -0.2) is 9.78 Å². The van der Waals surface area contributed by atoms with Crippen LogP contribution >= 0.6 is 11.3 Å². The first-order valence-corrected chi connectivity index (χ1v) is 13.5. The van der Waals surface area contributed by atoms with Gasteiger partial charge in [0, 0.05) is 23.2 Å². The van der Waals surface area contributed by atoms with E-state index in [4.69, 9.17) is 9.47 Å². The smallest absolute Gasteiger partial charge is 0.415 e. The van der Waals surface area contributed by atoms with Crippen molar-refractivity contribution in [1.29, 1.82) is 0 Å². The van der Waals surface area contributed by atoms with Gasteiger partial charge in [-0.05, 0) is 75.4 Å². The number of hydrogen-bond acceptors (Lipinski definition) is 6. The lowest BCUT2D eigenvalue weighted by molar-refractivity contribution is 0.144. The summed E-state index contributed by atoms with van der Waals surface area (Å²) in [5.41, 5.74) is 4.62. The van der Waals surface area contributed by atoms with Crippen molar-refractivity contribution in [1.82, 2.24) is 9.88 Å². The van der Waals surface area contributed by atoms with E-state index in [-0.39, 0.29) is 18.7 Å². The van der Waals surface area contributed by atoms with Gasteiger partial charge in [-0.1, -0.05) is 30.3 Å². The highest BCUT2D eigenvalue weighted by Gasteiger charge is 2.35. The molecule has 0 saturated carbocycles. The molecule has 5 rings (SSSR count). The summed E-state index contributed by atoms with van der Waals surface area (Å²) >= 11 is 1.66. The van der Waals surface area contributed by atoms with Crippen LogP contribution in [0.3, 0.4) is 0 Å². The van der Waals surface area contributed by atoms with E-state index < -0.39 is 0 Å². The summed E-state index contributed by atoms with van der Waals surface area (Å²) in [5.74, 6) is 0.821. The van der Waals surface area contributed by atoms with Crippen LogP contribution in [-0.4, -0.2) is 41.7 Å². The third kappa shape index (κ3) is 5.68. The Hall–Kier alpha value is -2.90. The lowest BCUT2D eigenvalue weighted by atomic mass is 10.1. The molecule has 1 fully saturated rings. The van der Waals surface area contributed by atoms with Gasteiger partial charge in [0.05, 0.1) is 23.9 Å². The fourth-order valence-corrected chi connectivity index (χ4v) is 5.92. The summed E-state index contributed by atoms with van der Waals surface area (Å²) in [6.07, 6.45) is 5.05. The summed E-state index contributed by atoms with van der Waals surface area (Å²) in [4.78, 5) is 23.4. The second-order valence-corrected chi connectivity index (χ2v) is 10.3. The molecule has 1 aliphatic carbocycles. The molecule has 2 aliphatic rings. The molecule has 0 N–H and O–H groups in total. The predicted molar refractivity (Wildman–Crippen MR) is 139 cm³/mol. The van der Waals surface area contributed by atoms with Gasteiger partial charge in [0.25, 0.3) is 0 Å². The van der Waals surface area contributed by atoms with Gasteiger partial charge in [-0.2, -0.15) is 0 Å². The number of aryl methyl sites for hydroxylation is 1. The molecule has 35 heavy (non-hydrogen) atoms. The number of nitrogens with zero attached hydrogens (tertiary/aromatic N) is 3. The highest BCUT2D eigenvalue weighted by Crippen LogP contribution is 2.40. The fraction of sp³-hybridized carbons (Fsp3) is 0.429. The molecule has 2 heterocycles. The van der Waals surface area contributed by atoms with Crippen LogP contribution in [0, 0.1) is 0 Å². The molecule has 2 atom stereocenters. The minimum absolute atomic E-state index is 0.117. The molecule has 7 heteroatoms. The molecule has 6 nitrogen and oxygen atoms in total. The highest BCUT2D eigenvalue weighted by atomic mass is 32.1. The van der Waals surface area contributed by atoms with Crippen molar-refractivity contribution >= 4 is 23.1 Å². The number of likely N-dealkylation sites (tertiary alicyclic amines) is 1. The van der Waals surface area contributed by atoms with E-state index in [0.29, 0.717) is 12.6 Å². The Labute approximate surface area is 211 Å². The van der Waals surface area contributed by atoms with Crippen molar-refractivity contribution < 1.29 is 14.3 Å². The number of benzene rings is 2. The van der Waals surface area contributed by atoms with Gasteiger partial charge < -0.3 is 14.4 Å². The van der Waals surface area contributed by atoms with Gasteiger partial charge in [-0.3, -0.25) is 4.90 Å². The van der Waals surface area contributed by atoms with E-state index in [0.717, 1.165) is 48.5 Å². The zero-order chi connectivity index (χ0) is 24.0. The highest BCUT2D eigenvalue weighted by molar-refractivity contribution is 7.09. The molecule has 2 aromatic carbocycles. The van der Waals surface area contributed by atoms with E-state index >= 15 is 0 Å². The van der Waals surface area contributed by atoms with Crippen LogP contribution in [0.5, 0.6) is 5.75 Å². The van der Waals surface area contributed by atoms with E-state index in [9.17, 15) is 4.79 Å². The van der Waals surface area contributed by atoms with Crippen molar-refractivity contribution in [2.45, 2.75) is 57.7 Å². The maximum atomic E-state index is 13.3. The maximum absolute atomic E-state index is 13.3. The first-order chi connectivity index (χ1) is 17.2. The Kier molecular flexibility index (Phi) is 7.64. The van der Waals surface area contributed by atoms with Crippen molar-refractivity contribution in [3.05, 3.63) is 76.2 Å². The first-order valence-electron chi connectivity index (χ1n) is 12.6. The number of carbonyl (C=O) groups is 1. The lowest BCUT2D eigenvalue weighted by Gasteiger charge is -2.28. The summed E-state index contributed by atoms with van der Waals surface area (Å²) < 4.78 is 11.7. The second kappa shape index (κ2) is 11.2. The van der Waals surface area contributed by atoms with Crippen LogP contribution in [-0.2, 0) is 17.8 Å². The molecule has 1 aromatic heterocycles. The van der Waals surface area contributed by atoms with Crippen molar-refractivity contribution in [3.8, 4) is 5.75 Å². The molecular weight excluding hydrogens is 458 g/mol. The quantitative estimate of drug-likeness (QED) is 0.332. The number of thiazole rings is 1. The minimum Gasteiger partial charge on any atom is -0.494 e. The lowest BCUT2D eigenvalue weighted by Crippen LogP contribution is -2.34. The van der Waals surface area contributed by atoms with E-state index in [1.165, 1.54) is 24.3 Å². The van der Waals surface area contributed by atoms with Gasteiger partial charge in [0.15, 0.2) is 0 Å². The van der Waals surface area contributed by atoms with Crippen LogP contribution in [0.25, 0.3) is 0 Å². The van der Waals surface area contributed by atoms with Crippen molar-refractivity contribution in [3.63, 3.8) is 0 Å². The van der Waals surface area contributed by atoms with Crippen LogP contribution < -0.4 is 9.64 Å². The summed E-state index contributed by atoms with van der Waals surface area (Å²) in [6, 6.07) is 18.1. The molecule has 0 bridgehead atoms. The van der Waals surface area contributed by atoms with Gasteiger partial charge in [0.1, 0.15) is 12.4 Å². The summed E-state index contributed by atoms with van der Waals surface area (Å²) in [6.45, 7) is 5.52. The molecule has 1 saturated heterocycles. The Morgan fingerprint density at radius 1 is 1.14 bits per heavy atom. The Morgan fingerprint density at radius 3 is 2.74 bits per heavy atom. The second-order valence-electron chi connectivity index (χ2n) is 9.35. The van der Waals surface area contributed by atoms with Crippen molar-refractivity contribution in [2.75, 3.05) is 24.6 Å². The third-order valence-electron chi connectivity index (χ3n) is 7.01. The van der Waals surface area contributed by atoms with E-state index in [1.54, 1.807) is 16.2 Å². The average molecular weight is 492 g/mol. The van der Waals surface area contributed by atoms with E-state index in [2.05, 4.69) is 16.8 Å². The number of aromatic nitrogens is 1. The zero-order valence-corrected chi connectivity index (χ0v) is 21.1. The fourth-order valence-electron chi connectivity index (χ4n) is 5.08. The number of fused-ring (bicyclic) bond motifs is 1. The number of ether oxygens (including phenoxy) is 2. The van der Waals surface area contributed by atoms with Crippen LogP contribution in [0.2, 0.25) is 0 Å². The SMILES string of the molecule is CC1CCCN1CCCOc1ccc(N(C(=O)OCc2ccccc2)C2CCc3scnc32)cc1. The molecule has 1 amide bonds. The molecule has 2 unspecified atom stereocenters. The van der Waals surface area contributed by atoms with E-state index in [1.807, 2.05) is 60.1 Å². The minimum atomic E-state index is -0.354. The van der Waals surface area contributed by atoms with Crippen LogP contribution in [0.15, 0.2) is 60.1 Å². The molecule has 184 valence electrons. The molecule has 0 radical (unpaired) electrons. The number of amides is 1. The summed E-state index contributed by atoms with van der Waals surface area (Å²) in [7, 11) is 0.